The van der Waals surface area contributed by atoms with Gasteiger partial charge in [-0.05, 0) is 19.1 Å². The quantitative estimate of drug-likeness (QED) is 0.666. The Balaban J connectivity index is 2.30. The Morgan fingerprint density at radius 1 is 1.23 bits per heavy atom. The number of primary sulfonamides is 1. The van der Waals surface area contributed by atoms with Crippen LogP contribution in [0.1, 0.15) is 17.9 Å². The molecule has 0 fully saturated rings. The van der Waals surface area contributed by atoms with Gasteiger partial charge in [0, 0.05) is 16.6 Å². The van der Waals surface area contributed by atoms with Gasteiger partial charge >= 0.3 is 0 Å². The molecule has 0 aliphatic rings. The number of aromatic nitrogens is 2. The second-order valence-electron chi connectivity index (χ2n) is 5.17. The molecule has 138 valence electrons. The molecule has 12 heteroatoms. The average molecular weight is 407 g/mol. The second-order valence-corrected chi connectivity index (χ2v) is 7.56. The first-order valence-corrected chi connectivity index (χ1v) is 9.24. The van der Waals surface area contributed by atoms with E-state index in [-0.39, 0.29) is 10.7 Å². The molecule has 0 saturated heterocycles. The van der Waals surface area contributed by atoms with Crippen LogP contribution in [0.15, 0.2) is 26.9 Å². The number of halogens is 4. The molecule has 0 spiro atoms. The minimum Gasteiger partial charge on any atom is -0.354 e. The zero-order chi connectivity index (χ0) is 19.2. The summed E-state index contributed by atoms with van der Waals surface area (Å²) in [7, 11) is -4.54. The van der Waals surface area contributed by atoms with Gasteiger partial charge in [0.15, 0.2) is 5.69 Å². The first-order chi connectivity index (χ1) is 12.1. The standard InChI is InChI=1S/C14H9F4N3O3S2/c1-5-4-25-14(20-5)11-10(12(13(17)18)24-21-11)6-2-8(16)9(3-7(6)15)26(19,22)23/h2-4,13H,1H3,(H2,19,22,23). The summed E-state index contributed by atoms with van der Waals surface area (Å²) in [6, 6.07) is 0.774. The van der Waals surface area contributed by atoms with Crippen LogP contribution in [0.5, 0.6) is 0 Å². The number of hydrogen-bond acceptors (Lipinski definition) is 6. The molecule has 0 aliphatic heterocycles. The largest absolute Gasteiger partial charge is 0.354 e. The lowest BCUT2D eigenvalue weighted by atomic mass is 10.0. The Hall–Kier alpha value is -2.31. The summed E-state index contributed by atoms with van der Waals surface area (Å²) < 4.78 is 82.3. The Bertz CT molecular complexity index is 1090. The van der Waals surface area contributed by atoms with E-state index in [1.807, 2.05) is 0 Å². The van der Waals surface area contributed by atoms with E-state index >= 15 is 0 Å². The maximum Gasteiger partial charge on any atom is 0.298 e. The molecule has 2 N–H and O–H groups in total. The highest BCUT2D eigenvalue weighted by atomic mass is 32.2. The number of thiazole rings is 1. The molecule has 2 aromatic heterocycles. The van der Waals surface area contributed by atoms with Crippen molar-refractivity contribution >= 4 is 21.4 Å². The van der Waals surface area contributed by atoms with Crippen LogP contribution < -0.4 is 5.14 Å². The SMILES string of the molecule is Cc1csc(-c2noc(C(F)F)c2-c2cc(F)c(S(N)(=O)=O)cc2F)n1. The van der Waals surface area contributed by atoms with E-state index in [2.05, 4.69) is 14.7 Å². The van der Waals surface area contributed by atoms with E-state index in [1.165, 1.54) is 0 Å². The lowest BCUT2D eigenvalue weighted by Gasteiger charge is -2.08. The molecule has 1 aromatic carbocycles. The molecular formula is C14H9F4N3O3S2. The maximum absolute atomic E-state index is 14.5. The van der Waals surface area contributed by atoms with E-state index in [4.69, 9.17) is 5.14 Å². The van der Waals surface area contributed by atoms with Crippen molar-refractivity contribution in [1.29, 1.82) is 0 Å². The van der Waals surface area contributed by atoms with Crippen molar-refractivity contribution in [2.45, 2.75) is 18.2 Å². The van der Waals surface area contributed by atoms with Gasteiger partial charge in [0.05, 0.1) is 5.56 Å². The lowest BCUT2D eigenvalue weighted by Crippen LogP contribution is -2.14. The Morgan fingerprint density at radius 2 is 1.92 bits per heavy atom. The number of benzene rings is 1. The average Bonchev–Trinajstić information content (AvgIpc) is 3.14. The monoisotopic (exact) mass is 407 g/mol. The van der Waals surface area contributed by atoms with E-state index in [1.54, 1.807) is 12.3 Å². The highest BCUT2D eigenvalue weighted by Gasteiger charge is 2.30. The van der Waals surface area contributed by atoms with Gasteiger partial charge in [0.1, 0.15) is 21.5 Å². The molecule has 0 amide bonds. The number of hydrogen-bond donors (Lipinski definition) is 1. The van der Waals surface area contributed by atoms with Crippen LogP contribution in [0.2, 0.25) is 0 Å². The van der Waals surface area contributed by atoms with Crippen molar-refractivity contribution in [3.8, 4) is 21.8 Å². The van der Waals surface area contributed by atoms with Gasteiger partial charge < -0.3 is 4.52 Å². The first kappa shape index (κ1) is 18.5. The molecule has 6 nitrogen and oxygen atoms in total. The predicted molar refractivity (Wildman–Crippen MR) is 84.0 cm³/mol. The van der Waals surface area contributed by atoms with Crippen molar-refractivity contribution in [3.05, 3.63) is 40.6 Å². The predicted octanol–water partition coefficient (Wildman–Crippen LogP) is 3.64. The third-order valence-corrected chi connectivity index (χ3v) is 5.23. The molecule has 0 aliphatic carbocycles. The minimum absolute atomic E-state index is 0.156. The van der Waals surface area contributed by atoms with Gasteiger partial charge in [-0.2, -0.15) is 0 Å². The van der Waals surface area contributed by atoms with Crippen molar-refractivity contribution in [2.75, 3.05) is 0 Å². The Kier molecular flexibility index (Phi) is 4.58. The Morgan fingerprint density at radius 3 is 2.46 bits per heavy atom. The lowest BCUT2D eigenvalue weighted by molar-refractivity contribution is 0.113. The number of nitrogens with two attached hydrogens (primary N) is 1. The summed E-state index contributed by atoms with van der Waals surface area (Å²) in [5.41, 5.74) is -0.796. The number of alkyl halides is 2. The minimum atomic E-state index is -4.54. The number of rotatable bonds is 4. The summed E-state index contributed by atoms with van der Waals surface area (Å²) in [6.45, 7) is 1.65. The number of aryl methyl sites for hydroxylation is 1. The molecule has 3 aromatic rings. The third kappa shape index (κ3) is 3.22. The van der Waals surface area contributed by atoms with Gasteiger partial charge in [-0.25, -0.2) is 36.1 Å². The summed E-state index contributed by atoms with van der Waals surface area (Å²) >= 11 is 1.04. The molecule has 3 rings (SSSR count). The van der Waals surface area contributed by atoms with Crippen molar-refractivity contribution < 1.29 is 30.5 Å². The maximum atomic E-state index is 14.5. The molecular weight excluding hydrogens is 398 g/mol. The van der Waals surface area contributed by atoms with Gasteiger partial charge in [-0.1, -0.05) is 5.16 Å². The fraction of sp³-hybridized carbons (Fsp3) is 0.143. The summed E-state index contributed by atoms with van der Waals surface area (Å²) in [5, 5.41) is 10.1. The zero-order valence-corrected chi connectivity index (χ0v) is 14.5. The van der Waals surface area contributed by atoms with Gasteiger partial charge in [0.2, 0.25) is 15.8 Å². The van der Waals surface area contributed by atoms with E-state index in [9.17, 15) is 26.0 Å². The topological polar surface area (TPSA) is 99.1 Å². The van der Waals surface area contributed by atoms with Crippen LogP contribution in [0.3, 0.4) is 0 Å². The number of sulfonamides is 1. The Labute approximate surface area is 148 Å². The molecule has 26 heavy (non-hydrogen) atoms. The van der Waals surface area contributed by atoms with E-state index in [0.29, 0.717) is 17.8 Å². The fourth-order valence-electron chi connectivity index (χ4n) is 2.26. The molecule has 0 saturated carbocycles. The van der Waals surface area contributed by atoms with Gasteiger partial charge in [-0.3, -0.25) is 0 Å². The summed E-state index contributed by atoms with van der Waals surface area (Å²) in [6.07, 6.45) is -3.17. The third-order valence-electron chi connectivity index (χ3n) is 3.34. The normalized spacial score (nSPS) is 12.1. The zero-order valence-electron chi connectivity index (χ0n) is 12.8. The summed E-state index contributed by atoms with van der Waals surface area (Å²) in [5.74, 6) is -3.67. The van der Waals surface area contributed by atoms with Crippen LogP contribution in [0.4, 0.5) is 17.6 Å². The second kappa shape index (κ2) is 6.45. The fourth-order valence-corrected chi connectivity index (χ4v) is 3.64. The molecule has 2 heterocycles. The van der Waals surface area contributed by atoms with Crippen molar-refractivity contribution in [3.63, 3.8) is 0 Å². The van der Waals surface area contributed by atoms with Crippen molar-refractivity contribution in [1.82, 2.24) is 10.1 Å². The highest BCUT2D eigenvalue weighted by Crippen LogP contribution is 2.41. The van der Waals surface area contributed by atoms with Gasteiger partial charge in [0.25, 0.3) is 6.43 Å². The highest BCUT2D eigenvalue weighted by molar-refractivity contribution is 7.89. The smallest absolute Gasteiger partial charge is 0.298 e. The van der Waals surface area contributed by atoms with Crippen LogP contribution in [-0.2, 0) is 10.0 Å². The van der Waals surface area contributed by atoms with E-state index in [0.717, 1.165) is 11.3 Å². The molecule has 0 atom stereocenters. The molecule has 0 radical (unpaired) electrons. The van der Waals surface area contributed by atoms with Crippen LogP contribution in [0, 0.1) is 18.6 Å². The van der Waals surface area contributed by atoms with Gasteiger partial charge in [-0.15, -0.1) is 11.3 Å². The summed E-state index contributed by atoms with van der Waals surface area (Å²) in [4.78, 5) is 2.97. The van der Waals surface area contributed by atoms with E-state index < -0.39 is 49.9 Å². The van der Waals surface area contributed by atoms with Crippen LogP contribution in [-0.4, -0.2) is 18.6 Å². The van der Waals surface area contributed by atoms with Crippen molar-refractivity contribution in [2.24, 2.45) is 5.14 Å². The van der Waals surface area contributed by atoms with Crippen LogP contribution in [0.25, 0.3) is 21.8 Å². The first-order valence-electron chi connectivity index (χ1n) is 6.82. The number of nitrogens with zero attached hydrogens (tertiary/aromatic N) is 2. The molecule has 0 bridgehead atoms. The molecule has 0 unspecified atom stereocenters. The van der Waals surface area contributed by atoms with Crippen LogP contribution >= 0.6 is 11.3 Å².